The van der Waals surface area contributed by atoms with Crippen LogP contribution in [0.15, 0.2) is 23.4 Å². The fourth-order valence-electron chi connectivity index (χ4n) is 2.22. The maximum Gasteiger partial charge on any atom is 0.173 e. The van der Waals surface area contributed by atoms with Crippen molar-refractivity contribution in [3.8, 4) is 0 Å². The molecule has 118 valence electrons. The van der Waals surface area contributed by atoms with Gasteiger partial charge in [0.1, 0.15) is 5.82 Å². The van der Waals surface area contributed by atoms with Gasteiger partial charge in [0.15, 0.2) is 5.84 Å². The fraction of sp³-hybridized carbons (Fsp3) is 0.562. The number of benzene rings is 1. The number of rotatable bonds is 10. The Morgan fingerprint density at radius 1 is 1.24 bits per heavy atom. The van der Waals surface area contributed by atoms with Gasteiger partial charge in [0.2, 0.25) is 0 Å². The summed E-state index contributed by atoms with van der Waals surface area (Å²) in [5.74, 6) is -0.631. The molecule has 1 aromatic carbocycles. The predicted octanol–water partition coefficient (Wildman–Crippen LogP) is 3.37. The Labute approximate surface area is 126 Å². The van der Waals surface area contributed by atoms with E-state index in [-0.39, 0.29) is 11.4 Å². The third-order valence-electron chi connectivity index (χ3n) is 3.48. The first-order chi connectivity index (χ1) is 10.2. The first kappa shape index (κ1) is 17.4. The molecule has 0 fully saturated rings. The van der Waals surface area contributed by atoms with Crippen molar-refractivity contribution in [2.24, 2.45) is 10.9 Å². The molecule has 0 spiro atoms. The van der Waals surface area contributed by atoms with E-state index in [1.807, 2.05) is 0 Å². The van der Waals surface area contributed by atoms with Crippen LogP contribution in [-0.2, 0) is 6.54 Å². The average molecular weight is 295 g/mol. The molecule has 1 aromatic rings. The molecular weight excluding hydrogens is 269 g/mol. The van der Waals surface area contributed by atoms with Crippen LogP contribution in [0, 0.1) is 5.82 Å². The van der Waals surface area contributed by atoms with Crippen molar-refractivity contribution in [3.63, 3.8) is 0 Å². The Morgan fingerprint density at radius 3 is 2.67 bits per heavy atom. The zero-order valence-electron chi connectivity index (χ0n) is 12.7. The average Bonchev–Trinajstić information content (AvgIpc) is 2.50. The molecule has 1 rings (SSSR count). The summed E-state index contributed by atoms with van der Waals surface area (Å²) in [6.45, 7) is 3.53. The molecule has 0 aliphatic heterocycles. The number of hydrogen-bond donors (Lipinski definition) is 3. The van der Waals surface area contributed by atoms with Gasteiger partial charge in [-0.05, 0) is 19.0 Å². The zero-order chi connectivity index (χ0) is 15.5. The standard InChI is InChI=1S/C16H26FN3O/c1-2-3-4-5-6-7-11-19-12-13-9-8-10-14(15(13)17)16(18)20-21/h8-10,19,21H,2-7,11-12H2,1H3,(H2,18,20). The van der Waals surface area contributed by atoms with Crippen LogP contribution in [0.4, 0.5) is 4.39 Å². The van der Waals surface area contributed by atoms with E-state index in [1.165, 1.54) is 38.2 Å². The Balaban J connectivity index is 2.33. The summed E-state index contributed by atoms with van der Waals surface area (Å²) in [7, 11) is 0. The Kier molecular flexibility index (Phi) is 8.43. The first-order valence-corrected chi connectivity index (χ1v) is 7.66. The van der Waals surface area contributed by atoms with Crippen LogP contribution in [0.2, 0.25) is 0 Å². The molecule has 0 radical (unpaired) electrons. The highest BCUT2D eigenvalue weighted by atomic mass is 19.1. The molecule has 5 heteroatoms. The lowest BCUT2D eigenvalue weighted by atomic mass is 10.1. The molecule has 0 saturated carbocycles. The molecule has 0 aliphatic rings. The highest BCUT2D eigenvalue weighted by Gasteiger charge is 2.10. The van der Waals surface area contributed by atoms with Gasteiger partial charge >= 0.3 is 0 Å². The second kappa shape index (κ2) is 10.2. The molecule has 0 aromatic heterocycles. The SMILES string of the molecule is CCCCCCCCNCc1cccc(/C(N)=N/O)c1F. The number of hydrogen-bond acceptors (Lipinski definition) is 3. The lowest BCUT2D eigenvalue weighted by Gasteiger charge is -2.09. The third kappa shape index (κ3) is 6.12. The summed E-state index contributed by atoms with van der Waals surface area (Å²) in [5, 5.41) is 14.7. The quantitative estimate of drug-likeness (QED) is 0.204. The molecule has 4 nitrogen and oxygen atoms in total. The number of nitrogens with one attached hydrogen (secondary N) is 1. The van der Waals surface area contributed by atoms with Crippen molar-refractivity contribution in [1.82, 2.24) is 5.32 Å². The van der Waals surface area contributed by atoms with E-state index >= 15 is 0 Å². The second-order valence-electron chi connectivity index (χ2n) is 5.21. The third-order valence-corrected chi connectivity index (χ3v) is 3.48. The number of oxime groups is 1. The minimum absolute atomic E-state index is 0.136. The second-order valence-corrected chi connectivity index (χ2v) is 5.21. The fourth-order valence-corrected chi connectivity index (χ4v) is 2.22. The molecule has 21 heavy (non-hydrogen) atoms. The van der Waals surface area contributed by atoms with Crippen LogP contribution < -0.4 is 11.1 Å². The molecule has 4 N–H and O–H groups in total. The van der Waals surface area contributed by atoms with E-state index in [1.54, 1.807) is 12.1 Å². The van der Waals surface area contributed by atoms with Crippen molar-refractivity contribution in [2.75, 3.05) is 6.54 Å². The van der Waals surface area contributed by atoms with Crippen LogP contribution in [-0.4, -0.2) is 17.6 Å². The van der Waals surface area contributed by atoms with Crippen molar-refractivity contribution < 1.29 is 9.60 Å². The summed E-state index contributed by atoms with van der Waals surface area (Å²) >= 11 is 0. The predicted molar refractivity (Wildman–Crippen MR) is 84.0 cm³/mol. The summed E-state index contributed by atoms with van der Waals surface area (Å²) in [6.07, 6.45) is 7.44. The van der Waals surface area contributed by atoms with Crippen molar-refractivity contribution in [3.05, 3.63) is 35.1 Å². The van der Waals surface area contributed by atoms with E-state index in [0.29, 0.717) is 12.1 Å². The minimum atomic E-state index is -0.428. The molecule has 0 heterocycles. The van der Waals surface area contributed by atoms with Crippen molar-refractivity contribution in [2.45, 2.75) is 52.0 Å². The molecule has 0 unspecified atom stereocenters. The van der Waals surface area contributed by atoms with Crippen molar-refractivity contribution >= 4 is 5.84 Å². The van der Waals surface area contributed by atoms with Gasteiger partial charge in [0.25, 0.3) is 0 Å². The van der Waals surface area contributed by atoms with Gasteiger partial charge in [-0.15, -0.1) is 0 Å². The van der Waals surface area contributed by atoms with Crippen LogP contribution >= 0.6 is 0 Å². The van der Waals surface area contributed by atoms with Crippen LogP contribution in [0.25, 0.3) is 0 Å². The Morgan fingerprint density at radius 2 is 1.95 bits per heavy atom. The summed E-state index contributed by atoms with van der Waals surface area (Å²) in [4.78, 5) is 0. The van der Waals surface area contributed by atoms with Crippen LogP contribution in [0.3, 0.4) is 0 Å². The van der Waals surface area contributed by atoms with E-state index < -0.39 is 5.82 Å². The van der Waals surface area contributed by atoms with Crippen LogP contribution in [0.5, 0.6) is 0 Å². The van der Waals surface area contributed by atoms with Gasteiger partial charge in [-0.25, -0.2) is 4.39 Å². The minimum Gasteiger partial charge on any atom is -0.409 e. The molecule has 0 amide bonds. The molecule has 0 saturated heterocycles. The molecular formula is C16H26FN3O. The molecule has 0 bridgehead atoms. The van der Waals surface area contributed by atoms with Gasteiger partial charge in [-0.1, -0.05) is 56.3 Å². The zero-order valence-corrected chi connectivity index (χ0v) is 12.7. The van der Waals surface area contributed by atoms with E-state index in [4.69, 9.17) is 10.9 Å². The largest absolute Gasteiger partial charge is 0.409 e. The number of nitrogens with two attached hydrogens (primary N) is 1. The van der Waals surface area contributed by atoms with Gasteiger partial charge < -0.3 is 16.3 Å². The Bertz CT molecular complexity index is 449. The summed E-state index contributed by atoms with van der Waals surface area (Å²) in [6, 6.07) is 4.91. The molecule has 0 aliphatic carbocycles. The Hall–Kier alpha value is -1.62. The lowest BCUT2D eigenvalue weighted by molar-refractivity contribution is 0.318. The normalized spacial score (nSPS) is 11.8. The smallest absolute Gasteiger partial charge is 0.173 e. The van der Waals surface area contributed by atoms with Gasteiger partial charge in [-0.2, -0.15) is 0 Å². The lowest BCUT2D eigenvalue weighted by Crippen LogP contribution is -2.19. The highest BCUT2D eigenvalue weighted by Crippen LogP contribution is 2.13. The topological polar surface area (TPSA) is 70.6 Å². The maximum absolute atomic E-state index is 14.1. The van der Waals surface area contributed by atoms with E-state index in [9.17, 15) is 4.39 Å². The van der Waals surface area contributed by atoms with Gasteiger partial charge in [0.05, 0.1) is 5.56 Å². The monoisotopic (exact) mass is 295 g/mol. The van der Waals surface area contributed by atoms with Gasteiger partial charge in [-0.3, -0.25) is 0 Å². The van der Waals surface area contributed by atoms with E-state index in [0.717, 1.165) is 13.0 Å². The maximum atomic E-state index is 14.1. The summed E-state index contributed by atoms with van der Waals surface area (Å²) < 4.78 is 14.1. The number of unbranched alkanes of at least 4 members (excludes halogenated alkanes) is 5. The van der Waals surface area contributed by atoms with Crippen LogP contribution in [0.1, 0.15) is 56.6 Å². The van der Waals surface area contributed by atoms with Gasteiger partial charge in [0, 0.05) is 12.1 Å². The van der Waals surface area contributed by atoms with Crippen molar-refractivity contribution in [1.29, 1.82) is 0 Å². The number of nitrogens with zero attached hydrogens (tertiary/aromatic N) is 1. The number of amidine groups is 1. The first-order valence-electron chi connectivity index (χ1n) is 7.66. The number of halogens is 1. The highest BCUT2D eigenvalue weighted by molar-refractivity contribution is 5.97. The molecule has 0 atom stereocenters. The summed E-state index contributed by atoms with van der Waals surface area (Å²) in [5.41, 5.74) is 6.11. The van der Waals surface area contributed by atoms with E-state index in [2.05, 4.69) is 17.4 Å².